The topological polar surface area (TPSA) is 43.4 Å². The first-order valence-electron chi connectivity index (χ1n) is 5.52. The quantitative estimate of drug-likeness (QED) is 0.708. The summed E-state index contributed by atoms with van der Waals surface area (Å²) in [5.74, 6) is 0.757. The van der Waals surface area contributed by atoms with Crippen LogP contribution < -0.4 is 4.74 Å². The van der Waals surface area contributed by atoms with E-state index < -0.39 is 15.1 Å². The van der Waals surface area contributed by atoms with Crippen molar-refractivity contribution in [1.82, 2.24) is 0 Å². The number of benzene rings is 1. The third kappa shape index (κ3) is 3.96. The number of alkyl halides is 1. The summed E-state index contributed by atoms with van der Waals surface area (Å²) >= 11 is 6.86. The molecule has 1 aromatic carbocycles. The maximum absolute atomic E-state index is 11.5. The first kappa shape index (κ1) is 16.0. The molecule has 0 aromatic heterocycles. The van der Waals surface area contributed by atoms with Crippen molar-refractivity contribution in [3.63, 3.8) is 0 Å². The molecule has 18 heavy (non-hydrogen) atoms. The summed E-state index contributed by atoms with van der Waals surface area (Å²) in [7, 11) is -3.08. The highest BCUT2D eigenvalue weighted by Gasteiger charge is 2.25. The summed E-state index contributed by atoms with van der Waals surface area (Å²) in [5.41, 5.74) is 0.906. The zero-order chi connectivity index (χ0) is 13.9. The zero-order valence-corrected chi connectivity index (χ0v) is 14.5. The van der Waals surface area contributed by atoms with E-state index in [-0.39, 0.29) is 4.83 Å². The predicted molar refractivity (Wildman–Crippen MR) is 81.3 cm³/mol. The first-order valence-corrected chi connectivity index (χ1v) is 9.19. The molecule has 1 aromatic rings. The van der Waals surface area contributed by atoms with Gasteiger partial charge in [-0.05, 0) is 47.5 Å². The first-order chi connectivity index (χ1) is 8.27. The molecule has 3 nitrogen and oxygen atoms in total. The normalized spacial score (nSPS) is 15.2. The van der Waals surface area contributed by atoms with E-state index in [0.29, 0.717) is 6.61 Å². The van der Waals surface area contributed by atoms with Gasteiger partial charge >= 0.3 is 0 Å². The van der Waals surface area contributed by atoms with Crippen LogP contribution in [0, 0.1) is 0 Å². The van der Waals surface area contributed by atoms with E-state index in [4.69, 9.17) is 4.74 Å². The van der Waals surface area contributed by atoms with Crippen LogP contribution in [0.1, 0.15) is 24.2 Å². The van der Waals surface area contributed by atoms with Crippen LogP contribution in [0.4, 0.5) is 0 Å². The van der Waals surface area contributed by atoms with Gasteiger partial charge in [-0.2, -0.15) is 0 Å². The molecule has 102 valence electrons. The van der Waals surface area contributed by atoms with E-state index in [1.54, 1.807) is 6.92 Å². The van der Waals surface area contributed by atoms with Crippen LogP contribution in [0.2, 0.25) is 0 Å². The van der Waals surface area contributed by atoms with Crippen LogP contribution >= 0.6 is 31.9 Å². The summed E-state index contributed by atoms with van der Waals surface area (Å²) in [5, 5.41) is -0.484. The van der Waals surface area contributed by atoms with E-state index in [9.17, 15) is 8.42 Å². The van der Waals surface area contributed by atoms with E-state index in [1.807, 2.05) is 25.1 Å². The summed E-state index contributed by atoms with van der Waals surface area (Å²) in [6.45, 7) is 4.20. The molecule has 0 fully saturated rings. The van der Waals surface area contributed by atoms with E-state index in [1.165, 1.54) is 6.26 Å². The standard InChI is InChI=1S/C12H16Br2O3S/c1-4-17-11-6-5-9(7-10(11)13)12(14)8(2)18(3,15)16/h5-8,12H,4H2,1-3H3. The van der Waals surface area contributed by atoms with Gasteiger partial charge in [0, 0.05) is 6.26 Å². The van der Waals surface area contributed by atoms with Crippen LogP contribution in [0.5, 0.6) is 5.75 Å². The average Bonchev–Trinajstić information content (AvgIpc) is 2.29. The van der Waals surface area contributed by atoms with Crippen molar-refractivity contribution in [2.75, 3.05) is 12.9 Å². The van der Waals surface area contributed by atoms with Crippen molar-refractivity contribution < 1.29 is 13.2 Å². The molecule has 0 aliphatic heterocycles. The second-order valence-corrected chi connectivity index (χ2v) is 8.30. The summed E-state index contributed by atoms with van der Waals surface area (Å²) < 4.78 is 29.3. The zero-order valence-electron chi connectivity index (χ0n) is 10.5. The van der Waals surface area contributed by atoms with Crippen LogP contribution in [0.15, 0.2) is 22.7 Å². The van der Waals surface area contributed by atoms with Gasteiger partial charge < -0.3 is 4.74 Å². The van der Waals surface area contributed by atoms with E-state index in [0.717, 1.165) is 15.8 Å². The maximum Gasteiger partial charge on any atom is 0.151 e. The van der Waals surface area contributed by atoms with Crippen molar-refractivity contribution in [2.45, 2.75) is 23.9 Å². The largest absolute Gasteiger partial charge is 0.493 e. The monoisotopic (exact) mass is 398 g/mol. The number of ether oxygens (including phenoxy) is 1. The lowest BCUT2D eigenvalue weighted by molar-refractivity contribution is 0.338. The molecule has 1 rings (SSSR count). The third-order valence-electron chi connectivity index (χ3n) is 2.66. The van der Waals surface area contributed by atoms with Crippen LogP contribution in [-0.4, -0.2) is 26.5 Å². The Morgan fingerprint density at radius 1 is 1.39 bits per heavy atom. The molecule has 0 amide bonds. The van der Waals surface area contributed by atoms with Gasteiger partial charge in [0.1, 0.15) is 5.75 Å². The molecule has 0 spiro atoms. The van der Waals surface area contributed by atoms with Gasteiger partial charge in [-0.3, -0.25) is 0 Å². The fourth-order valence-electron chi connectivity index (χ4n) is 1.45. The lowest BCUT2D eigenvalue weighted by Gasteiger charge is -2.18. The van der Waals surface area contributed by atoms with Gasteiger partial charge in [0.05, 0.1) is 21.2 Å². The predicted octanol–water partition coefficient (Wildman–Crippen LogP) is 3.72. The number of hydrogen-bond donors (Lipinski definition) is 0. The molecule has 2 atom stereocenters. The Labute approximate surface area is 125 Å². The number of halogens is 2. The molecule has 0 radical (unpaired) electrons. The Bertz CT molecular complexity index is 514. The second kappa shape index (κ2) is 6.39. The van der Waals surface area contributed by atoms with Crippen molar-refractivity contribution in [2.24, 2.45) is 0 Å². The highest BCUT2D eigenvalue weighted by atomic mass is 79.9. The Morgan fingerprint density at radius 2 is 2.00 bits per heavy atom. The Balaban J connectivity index is 3.01. The van der Waals surface area contributed by atoms with E-state index >= 15 is 0 Å². The number of rotatable bonds is 5. The Morgan fingerprint density at radius 3 is 2.44 bits per heavy atom. The molecule has 0 saturated heterocycles. The number of sulfone groups is 1. The molecule has 0 N–H and O–H groups in total. The molecule has 0 aliphatic carbocycles. The van der Waals surface area contributed by atoms with Gasteiger partial charge in [0.25, 0.3) is 0 Å². The summed E-state index contributed by atoms with van der Waals surface area (Å²) in [6.07, 6.45) is 1.25. The molecule has 0 aliphatic rings. The molecule has 0 bridgehead atoms. The van der Waals surface area contributed by atoms with E-state index in [2.05, 4.69) is 31.9 Å². The maximum atomic E-state index is 11.5. The van der Waals surface area contributed by atoms with Gasteiger partial charge in [-0.25, -0.2) is 8.42 Å². The minimum Gasteiger partial charge on any atom is -0.493 e. The fraction of sp³-hybridized carbons (Fsp3) is 0.500. The second-order valence-electron chi connectivity index (χ2n) is 4.06. The summed E-state index contributed by atoms with van der Waals surface area (Å²) in [4.78, 5) is -0.237. The molecule has 0 saturated carbocycles. The van der Waals surface area contributed by atoms with Crippen molar-refractivity contribution >= 4 is 41.7 Å². The lowest BCUT2D eigenvalue weighted by Crippen LogP contribution is -2.20. The van der Waals surface area contributed by atoms with Gasteiger partial charge in [0.2, 0.25) is 0 Å². The van der Waals surface area contributed by atoms with Crippen LogP contribution in [-0.2, 0) is 9.84 Å². The fourth-order valence-corrected chi connectivity index (χ4v) is 4.01. The van der Waals surface area contributed by atoms with Crippen LogP contribution in [0.3, 0.4) is 0 Å². The Hall–Kier alpha value is -0.0700. The molecular formula is C12H16Br2O3S. The lowest BCUT2D eigenvalue weighted by atomic mass is 10.1. The molecule has 0 heterocycles. The highest BCUT2D eigenvalue weighted by molar-refractivity contribution is 9.10. The van der Waals surface area contributed by atoms with Crippen LogP contribution in [0.25, 0.3) is 0 Å². The van der Waals surface area contributed by atoms with Crippen molar-refractivity contribution in [3.05, 3.63) is 28.2 Å². The SMILES string of the molecule is CCOc1ccc(C(Br)C(C)S(C)(=O)=O)cc1Br. The minimum absolute atomic E-state index is 0.237. The molecule has 6 heteroatoms. The highest BCUT2D eigenvalue weighted by Crippen LogP contribution is 2.35. The van der Waals surface area contributed by atoms with Gasteiger partial charge in [-0.15, -0.1) is 0 Å². The Kier molecular flexibility index (Phi) is 5.67. The van der Waals surface area contributed by atoms with Crippen molar-refractivity contribution in [1.29, 1.82) is 0 Å². The number of hydrogen-bond acceptors (Lipinski definition) is 3. The third-order valence-corrected chi connectivity index (χ3v) is 6.58. The minimum atomic E-state index is -3.08. The van der Waals surface area contributed by atoms with Crippen molar-refractivity contribution in [3.8, 4) is 5.75 Å². The average molecular weight is 400 g/mol. The molecule has 2 unspecified atom stereocenters. The summed E-state index contributed by atoms with van der Waals surface area (Å²) in [6, 6.07) is 5.59. The molecular weight excluding hydrogens is 384 g/mol. The smallest absolute Gasteiger partial charge is 0.151 e. The van der Waals surface area contributed by atoms with Gasteiger partial charge in [-0.1, -0.05) is 22.0 Å². The van der Waals surface area contributed by atoms with Gasteiger partial charge in [0.15, 0.2) is 9.84 Å².